The smallest absolute Gasteiger partial charge is 0.309 e. The number of methoxy groups -OCH3 is 1. The van der Waals surface area contributed by atoms with Crippen LogP contribution in [0.1, 0.15) is 13.3 Å². The van der Waals surface area contributed by atoms with Gasteiger partial charge >= 0.3 is 5.97 Å². The lowest BCUT2D eigenvalue weighted by Crippen LogP contribution is -2.39. The van der Waals surface area contributed by atoms with Crippen molar-refractivity contribution >= 4 is 18.4 Å². The summed E-state index contributed by atoms with van der Waals surface area (Å²) in [5, 5.41) is 3.24. The number of nitrogens with one attached hydrogen (secondary N) is 1. The highest BCUT2D eigenvalue weighted by Gasteiger charge is 2.27. The van der Waals surface area contributed by atoms with Crippen molar-refractivity contribution in [3.8, 4) is 0 Å². The molecule has 3 nitrogen and oxygen atoms in total. The summed E-state index contributed by atoms with van der Waals surface area (Å²) >= 11 is 0. The van der Waals surface area contributed by atoms with Crippen molar-refractivity contribution in [3.63, 3.8) is 0 Å². The van der Waals surface area contributed by atoms with Crippen molar-refractivity contribution in [2.24, 2.45) is 11.8 Å². The number of halogens is 1. The van der Waals surface area contributed by atoms with Gasteiger partial charge in [-0.1, -0.05) is 6.92 Å². The number of carbonyl (C=O) groups excluding carboxylic acids is 1. The number of hydrogen-bond donors (Lipinski definition) is 1. The van der Waals surface area contributed by atoms with Gasteiger partial charge < -0.3 is 10.1 Å². The first-order valence-corrected chi connectivity index (χ1v) is 4.04. The molecule has 2 unspecified atom stereocenters. The lowest BCUT2D eigenvalue weighted by atomic mass is 9.88. The Kier molecular flexibility index (Phi) is 5.25. The average Bonchev–Trinajstić information content (AvgIpc) is 2.04. The van der Waals surface area contributed by atoms with Gasteiger partial charge in [0.15, 0.2) is 0 Å². The fourth-order valence-corrected chi connectivity index (χ4v) is 1.52. The minimum absolute atomic E-state index is 0. The summed E-state index contributed by atoms with van der Waals surface area (Å²) in [4.78, 5) is 11.1. The third kappa shape index (κ3) is 2.64. The van der Waals surface area contributed by atoms with E-state index < -0.39 is 0 Å². The molecule has 0 aromatic carbocycles. The van der Waals surface area contributed by atoms with Gasteiger partial charge in [-0.2, -0.15) is 0 Å². The highest BCUT2D eigenvalue weighted by Crippen LogP contribution is 2.19. The quantitative estimate of drug-likeness (QED) is 0.627. The number of rotatable bonds is 1. The topological polar surface area (TPSA) is 38.3 Å². The Morgan fingerprint density at radius 1 is 1.58 bits per heavy atom. The van der Waals surface area contributed by atoms with Crippen LogP contribution >= 0.6 is 12.4 Å². The predicted octanol–water partition coefficient (Wildman–Crippen LogP) is 0.827. The SMILES string of the molecule is COC(=O)C1CCNCC1C.Cl. The maximum Gasteiger partial charge on any atom is 0.309 e. The van der Waals surface area contributed by atoms with Crippen LogP contribution in [0.15, 0.2) is 0 Å². The van der Waals surface area contributed by atoms with Crippen molar-refractivity contribution in [1.29, 1.82) is 0 Å². The third-order valence-electron chi connectivity index (χ3n) is 2.29. The van der Waals surface area contributed by atoms with Crippen molar-refractivity contribution in [2.75, 3.05) is 20.2 Å². The minimum atomic E-state index is -0.0565. The summed E-state index contributed by atoms with van der Waals surface area (Å²) in [6, 6.07) is 0. The van der Waals surface area contributed by atoms with Crippen LogP contribution in [0.2, 0.25) is 0 Å². The predicted molar refractivity (Wildman–Crippen MR) is 49.4 cm³/mol. The first-order chi connectivity index (χ1) is 5.25. The number of carbonyl (C=O) groups is 1. The molecular weight excluding hydrogens is 178 g/mol. The van der Waals surface area contributed by atoms with Gasteiger partial charge in [0.25, 0.3) is 0 Å². The lowest BCUT2D eigenvalue weighted by molar-refractivity contribution is -0.148. The Balaban J connectivity index is 0.00000121. The molecule has 0 radical (unpaired) electrons. The van der Waals surface area contributed by atoms with E-state index in [1.54, 1.807) is 0 Å². The molecule has 0 aromatic rings. The molecule has 1 fully saturated rings. The monoisotopic (exact) mass is 193 g/mol. The average molecular weight is 194 g/mol. The molecule has 1 aliphatic heterocycles. The number of piperidine rings is 1. The molecule has 0 aliphatic carbocycles. The number of ether oxygens (including phenoxy) is 1. The molecule has 1 N–H and O–H groups in total. The Hall–Kier alpha value is -0.280. The molecule has 72 valence electrons. The zero-order valence-electron chi connectivity index (χ0n) is 7.50. The minimum Gasteiger partial charge on any atom is -0.469 e. The van der Waals surface area contributed by atoms with E-state index in [1.165, 1.54) is 7.11 Å². The zero-order valence-corrected chi connectivity index (χ0v) is 8.32. The first-order valence-electron chi connectivity index (χ1n) is 4.04. The summed E-state index contributed by atoms with van der Waals surface area (Å²) in [6.45, 7) is 3.94. The van der Waals surface area contributed by atoms with Crippen LogP contribution in [-0.2, 0) is 9.53 Å². The third-order valence-corrected chi connectivity index (χ3v) is 2.29. The number of hydrogen-bond acceptors (Lipinski definition) is 3. The van der Waals surface area contributed by atoms with E-state index >= 15 is 0 Å². The van der Waals surface area contributed by atoms with Gasteiger partial charge in [0.05, 0.1) is 13.0 Å². The molecule has 0 aromatic heterocycles. The molecule has 2 atom stereocenters. The van der Waals surface area contributed by atoms with Gasteiger partial charge in [-0.3, -0.25) is 4.79 Å². The van der Waals surface area contributed by atoms with Crippen LogP contribution in [0.25, 0.3) is 0 Å². The van der Waals surface area contributed by atoms with Crippen LogP contribution < -0.4 is 5.32 Å². The van der Waals surface area contributed by atoms with Crippen LogP contribution in [0.4, 0.5) is 0 Å². The van der Waals surface area contributed by atoms with Crippen molar-refractivity contribution in [3.05, 3.63) is 0 Å². The van der Waals surface area contributed by atoms with E-state index in [1.807, 2.05) is 0 Å². The summed E-state index contributed by atoms with van der Waals surface area (Å²) < 4.78 is 4.69. The van der Waals surface area contributed by atoms with Gasteiger partial charge in [0, 0.05) is 0 Å². The fraction of sp³-hybridized carbons (Fsp3) is 0.875. The van der Waals surface area contributed by atoms with Crippen LogP contribution in [0, 0.1) is 11.8 Å². The second kappa shape index (κ2) is 5.38. The first kappa shape index (κ1) is 11.7. The maximum absolute atomic E-state index is 11.1. The second-order valence-electron chi connectivity index (χ2n) is 3.10. The zero-order chi connectivity index (χ0) is 8.27. The molecule has 1 heterocycles. The normalized spacial score (nSPS) is 28.8. The van der Waals surface area contributed by atoms with Crippen LogP contribution in [-0.4, -0.2) is 26.2 Å². The fourth-order valence-electron chi connectivity index (χ4n) is 1.52. The van der Waals surface area contributed by atoms with Crippen molar-refractivity contribution in [1.82, 2.24) is 5.32 Å². The molecule has 0 bridgehead atoms. The molecule has 4 heteroatoms. The molecule has 1 saturated heterocycles. The van der Waals surface area contributed by atoms with E-state index in [4.69, 9.17) is 4.74 Å². The van der Waals surface area contributed by atoms with Crippen molar-refractivity contribution in [2.45, 2.75) is 13.3 Å². The molecule has 0 spiro atoms. The maximum atomic E-state index is 11.1. The van der Waals surface area contributed by atoms with Gasteiger partial charge in [0.2, 0.25) is 0 Å². The van der Waals surface area contributed by atoms with Gasteiger partial charge in [-0.15, -0.1) is 12.4 Å². The Bertz CT molecular complexity index is 152. The van der Waals surface area contributed by atoms with E-state index in [-0.39, 0.29) is 24.3 Å². The highest BCUT2D eigenvalue weighted by atomic mass is 35.5. The Labute approximate surface area is 79.3 Å². The van der Waals surface area contributed by atoms with E-state index in [9.17, 15) is 4.79 Å². The van der Waals surface area contributed by atoms with E-state index in [0.29, 0.717) is 5.92 Å². The molecule has 0 saturated carbocycles. The van der Waals surface area contributed by atoms with Crippen molar-refractivity contribution < 1.29 is 9.53 Å². The summed E-state index contributed by atoms with van der Waals surface area (Å²) in [5.74, 6) is 0.469. The van der Waals surface area contributed by atoms with Gasteiger partial charge in [-0.05, 0) is 25.4 Å². The summed E-state index contributed by atoms with van der Waals surface area (Å²) in [7, 11) is 1.46. The lowest BCUT2D eigenvalue weighted by Gasteiger charge is -2.26. The summed E-state index contributed by atoms with van der Waals surface area (Å²) in [5.41, 5.74) is 0. The Morgan fingerprint density at radius 2 is 2.25 bits per heavy atom. The molecule has 0 amide bonds. The van der Waals surface area contributed by atoms with Crippen LogP contribution in [0.5, 0.6) is 0 Å². The van der Waals surface area contributed by atoms with E-state index in [2.05, 4.69) is 12.2 Å². The molecular formula is C8H16ClNO2. The van der Waals surface area contributed by atoms with E-state index in [0.717, 1.165) is 19.5 Å². The molecule has 1 rings (SSSR count). The van der Waals surface area contributed by atoms with Crippen LogP contribution in [0.3, 0.4) is 0 Å². The van der Waals surface area contributed by atoms with Gasteiger partial charge in [-0.25, -0.2) is 0 Å². The molecule has 12 heavy (non-hydrogen) atoms. The Morgan fingerprint density at radius 3 is 2.75 bits per heavy atom. The highest BCUT2D eigenvalue weighted by molar-refractivity contribution is 5.85. The molecule has 1 aliphatic rings. The largest absolute Gasteiger partial charge is 0.469 e. The standard InChI is InChI=1S/C8H15NO2.ClH/c1-6-5-9-4-3-7(6)8(10)11-2;/h6-7,9H,3-5H2,1-2H3;1H. The van der Waals surface area contributed by atoms with Gasteiger partial charge in [0.1, 0.15) is 0 Å². The number of esters is 1. The summed E-state index contributed by atoms with van der Waals surface area (Å²) in [6.07, 6.45) is 0.911. The second-order valence-corrected chi connectivity index (χ2v) is 3.10.